The summed E-state index contributed by atoms with van der Waals surface area (Å²) in [7, 11) is 1.72. The molecule has 0 atom stereocenters. The van der Waals surface area contributed by atoms with Gasteiger partial charge < -0.3 is 10.5 Å². The molecule has 0 aliphatic carbocycles. The van der Waals surface area contributed by atoms with Crippen LogP contribution in [0.3, 0.4) is 0 Å². The minimum atomic E-state index is -0.0861. The summed E-state index contributed by atoms with van der Waals surface area (Å²) in [6.45, 7) is 4.80. The summed E-state index contributed by atoms with van der Waals surface area (Å²) in [5.74, 6) is 0. The quantitative estimate of drug-likeness (QED) is 0.805. The van der Waals surface area contributed by atoms with Crippen molar-refractivity contribution in [3.05, 3.63) is 35.4 Å². The van der Waals surface area contributed by atoms with Crippen LogP contribution >= 0.6 is 0 Å². The van der Waals surface area contributed by atoms with Gasteiger partial charge >= 0.3 is 0 Å². The number of methoxy groups -OCH3 is 1. The van der Waals surface area contributed by atoms with E-state index >= 15 is 0 Å². The number of ether oxygens (including phenoxy) is 1. The molecule has 0 unspecified atom stereocenters. The molecule has 0 radical (unpaired) electrons. The van der Waals surface area contributed by atoms with Crippen molar-refractivity contribution < 1.29 is 4.74 Å². The zero-order valence-corrected chi connectivity index (χ0v) is 9.92. The molecular weight excluding hydrogens is 186 g/mol. The third-order valence-electron chi connectivity index (χ3n) is 2.36. The molecule has 0 amide bonds. The van der Waals surface area contributed by atoms with Gasteiger partial charge in [-0.1, -0.05) is 24.3 Å². The van der Waals surface area contributed by atoms with Crippen molar-refractivity contribution in [1.82, 2.24) is 0 Å². The van der Waals surface area contributed by atoms with Crippen LogP contribution in [0.5, 0.6) is 0 Å². The van der Waals surface area contributed by atoms with E-state index in [-0.39, 0.29) is 5.54 Å². The monoisotopic (exact) mass is 207 g/mol. The third kappa shape index (κ3) is 4.96. The van der Waals surface area contributed by atoms with Crippen LogP contribution in [0.1, 0.15) is 31.4 Å². The van der Waals surface area contributed by atoms with E-state index < -0.39 is 0 Å². The summed E-state index contributed by atoms with van der Waals surface area (Å²) in [4.78, 5) is 0. The highest BCUT2D eigenvalue weighted by molar-refractivity contribution is 5.23. The lowest BCUT2D eigenvalue weighted by Gasteiger charge is -2.18. The van der Waals surface area contributed by atoms with Crippen molar-refractivity contribution in [2.75, 3.05) is 7.11 Å². The highest BCUT2D eigenvalue weighted by Crippen LogP contribution is 2.13. The zero-order chi connectivity index (χ0) is 11.3. The lowest BCUT2D eigenvalue weighted by molar-refractivity contribution is 0.185. The number of rotatable bonds is 5. The molecule has 1 aromatic carbocycles. The molecule has 0 spiro atoms. The lowest BCUT2D eigenvalue weighted by atomic mass is 9.96. The van der Waals surface area contributed by atoms with Crippen LogP contribution in [-0.4, -0.2) is 12.6 Å². The fourth-order valence-corrected chi connectivity index (χ4v) is 1.51. The van der Waals surface area contributed by atoms with Crippen molar-refractivity contribution in [2.45, 2.75) is 38.8 Å². The highest BCUT2D eigenvalue weighted by atomic mass is 16.5. The minimum absolute atomic E-state index is 0.0861. The van der Waals surface area contributed by atoms with Gasteiger partial charge in [0.2, 0.25) is 0 Å². The first-order chi connectivity index (χ1) is 7.01. The standard InChI is InChI=1S/C13H21NO/c1-13(2,14)8-7-11-5-4-6-12(9-11)10-15-3/h4-6,9H,7-8,10,14H2,1-3H3. The van der Waals surface area contributed by atoms with Gasteiger partial charge in [0.1, 0.15) is 0 Å². The van der Waals surface area contributed by atoms with Gasteiger partial charge in [-0.25, -0.2) is 0 Å². The Bertz CT molecular complexity index is 302. The second-order valence-electron chi connectivity index (χ2n) is 4.74. The van der Waals surface area contributed by atoms with Crippen molar-refractivity contribution in [3.63, 3.8) is 0 Å². The molecular formula is C13H21NO. The second kappa shape index (κ2) is 5.29. The van der Waals surface area contributed by atoms with E-state index in [0.717, 1.165) is 12.8 Å². The highest BCUT2D eigenvalue weighted by Gasteiger charge is 2.10. The van der Waals surface area contributed by atoms with Gasteiger partial charge in [-0.2, -0.15) is 0 Å². The number of hydrogen-bond acceptors (Lipinski definition) is 2. The average molecular weight is 207 g/mol. The maximum atomic E-state index is 5.96. The molecule has 0 aromatic heterocycles. The second-order valence-corrected chi connectivity index (χ2v) is 4.74. The van der Waals surface area contributed by atoms with Gasteiger partial charge in [-0.15, -0.1) is 0 Å². The van der Waals surface area contributed by atoms with E-state index in [1.807, 2.05) is 0 Å². The maximum Gasteiger partial charge on any atom is 0.0713 e. The molecule has 0 aliphatic rings. The zero-order valence-electron chi connectivity index (χ0n) is 9.92. The van der Waals surface area contributed by atoms with Gasteiger partial charge in [0, 0.05) is 12.6 Å². The van der Waals surface area contributed by atoms with Gasteiger partial charge in [0.15, 0.2) is 0 Å². The first-order valence-corrected chi connectivity index (χ1v) is 5.37. The first-order valence-electron chi connectivity index (χ1n) is 5.37. The van der Waals surface area contributed by atoms with E-state index in [4.69, 9.17) is 10.5 Å². The largest absolute Gasteiger partial charge is 0.380 e. The molecule has 1 rings (SSSR count). The summed E-state index contributed by atoms with van der Waals surface area (Å²) in [5.41, 5.74) is 8.43. The summed E-state index contributed by atoms with van der Waals surface area (Å²) >= 11 is 0. The van der Waals surface area contributed by atoms with Gasteiger partial charge in [0.25, 0.3) is 0 Å². The molecule has 15 heavy (non-hydrogen) atoms. The topological polar surface area (TPSA) is 35.2 Å². The first kappa shape index (κ1) is 12.2. The molecule has 84 valence electrons. The fourth-order valence-electron chi connectivity index (χ4n) is 1.51. The smallest absolute Gasteiger partial charge is 0.0713 e. The molecule has 2 nitrogen and oxygen atoms in total. The van der Waals surface area contributed by atoms with E-state index in [0.29, 0.717) is 6.61 Å². The van der Waals surface area contributed by atoms with Gasteiger partial charge in [0.05, 0.1) is 6.61 Å². The SMILES string of the molecule is COCc1cccc(CCC(C)(C)N)c1. The Morgan fingerprint density at radius 3 is 2.53 bits per heavy atom. The Labute approximate surface area is 92.4 Å². The summed E-state index contributed by atoms with van der Waals surface area (Å²) in [6, 6.07) is 8.49. The van der Waals surface area contributed by atoms with Gasteiger partial charge in [-0.3, -0.25) is 0 Å². The van der Waals surface area contributed by atoms with Crippen LogP contribution in [0.25, 0.3) is 0 Å². The third-order valence-corrected chi connectivity index (χ3v) is 2.36. The summed E-state index contributed by atoms with van der Waals surface area (Å²) < 4.78 is 5.10. The average Bonchev–Trinajstić information content (AvgIpc) is 2.15. The lowest BCUT2D eigenvalue weighted by Crippen LogP contribution is -2.32. The van der Waals surface area contributed by atoms with Crippen LogP contribution in [-0.2, 0) is 17.8 Å². The Kier molecular flexibility index (Phi) is 4.30. The van der Waals surface area contributed by atoms with Crippen molar-refractivity contribution in [2.24, 2.45) is 5.73 Å². The Morgan fingerprint density at radius 1 is 1.27 bits per heavy atom. The molecule has 2 N–H and O–H groups in total. The molecule has 2 heteroatoms. The minimum Gasteiger partial charge on any atom is -0.380 e. The molecule has 0 aliphatic heterocycles. The molecule has 0 bridgehead atoms. The fraction of sp³-hybridized carbons (Fsp3) is 0.538. The maximum absolute atomic E-state index is 5.96. The van der Waals surface area contributed by atoms with Crippen LogP contribution < -0.4 is 5.73 Å². The van der Waals surface area contributed by atoms with Crippen molar-refractivity contribution in [1.29, 1.82) is 0 Å². The number of hydrogen-bond donors (Lipinski definition) is 1. The van der Waals surface area contributed by atoms with E-state index in [1.54, 1.807) is 7.11 Å². The molecule has 0 fully saturated rings. The van der Waals surface area contributed by atoms with Crippen LogP contribution in [0.15, 0.2) is 24.3 Å². The number of benzene rings is 1. The Hall–Kier alpha value is -0.860. The van der Waals surface area contributed by atoms with Gasteiger partial charge in [-0.05, 0) is 37.8 Å². The number of aryl methyl sites for hydroxylation is 1. The van der Waals surface area contributed by atoms with Crippen LogP contribution in [0, 0.1) is 0 Å². The molecule has 0 heterocycles. The Balaban J connectivity index is 2.57. The van der Waals surface area contributed by atoms with E-state index in [2.05, 4.69) is 38.1 Å². The summed E-state index contributed by atoms with van der Waals surface area (Å²) in [5, 5.41) is 0. The van der Waals surface area contributed by atoms with Crippen molar-refractivity contribution >= 4 is 0 Å². The summed E-state index contributed by atoms with van der Waals surface area (Å²) in [6.07, 6.45) is 2.03. The normalized spacial score (nSPS) is 11.7. The number of nitrogens with two attached hydrogens (primary N) is 1. The molecule has 1 aromatic rings. The van der Waals surface area contributed by atoms with Crippen LogP contribution in [0.4, 0.5) is 0 Å². The Morgan fingerprint density at radius 2 is 1.93 bits per heavy atom. The molecule has 0 saturated heterocycles. The van der Waals surface area contributed by atoms with Crippen LogP contribution in [0.2, 0.25) is 0 Å². The van der Waals surface area contributed by atoms with E-state index in [9.17, 15) is 0 Å². The predicted octanol–water partition coefficient (Wildman–Crippen LogP) is 2.50. The predicted molar refractivity (Wildman–Crippen MR) is 63.7 cm³/mol. The molecule has 0 saturated carbocycles. The van der Waals surface area contributed by atoms with Crippen molar-refractivity contribution in [3.8, 4) is 0 Å². The van der Waals surface area contributed by atoms with E-state index in [1.165, 1.54) is 11.1 Å².